The van der Waals surface area contributed by atoms with Crippen LogP contribution in [0, 0.1) is 10.7 Å². The van der Waals surface area contributed by atoms with Gasteiger partial charge in [0.1, 0.15) is 0 Å². The molecule has 90 valence electrons. The molecule has 1 fully saturated rings. The first-order chi connectivity index (χ1) is 7.50. The van der Waals surface area contributed by atoms with Crippen LogP contribution in [0.15, 0.2) is 0 Å². The van der Waals surface area contributed by atoms with Crippen LogP contribution in [0.2, 0.25) is 0 Å². The van der Waals surface area contributed by atoms with Crippen molar-refractivity contribution in [1.29, 1.82) is 0 Å². The molecule has 1 aromatic heterocycles. The van der Waals surface area contributed by atoms with E-state index in [0.717, 1.165) is 23.2 Å². The highest BCUT2D eigenvalue weighted by Gasteiger charge is 2.29. The van der Waals surface area contributed by atoms with Crippen LogP contribution in [0.4, 0.5) is 5.95 Å². The number of hydrogen-bond acceptors (Lipinski definition) is 3. The van der Waals surface area contributed by atoms with Gasteiger partial charge in [-0.15, -0.1) is 5.10 Å². The van der Waals surface area contributed by atoms with Gasteiger partial charge in [-0.1, -0.05) is 6.92 Å². The second-order valence-electron chi connectivity index (χ2n) is 5.13. The third-order valence-electron chi connectivity index (χ3n) is 3.24. The van der Waals surface area contributed by atoms with Gasteiger partial charge in [0.25, 0.3) is 0 Å². The molecule has 1 aliphatic heterocycles. The van der Waals surface area contributed by atoms with Crippen LogP contribution in [-0.4, -0.2) is 27.4 Å². The molecular formula is C11H20N4S. The van der Waals surface area contributed by atoms with Gasteiger partial charge in [-0.25, -0.2) is 5.10 Å². The Kier molecular flexibility index (Phi) is 3.06. The summed E-state index contributed by atoms with van der Waals surface area (Å²) in [5.41, 5.74) is 0. The molecule has 4 nitrogen and oxygen atoms in total. The zero-order chi connectivity index (χ0) is 11.9. The van der Waals surface area contributed by atoms with Crippen molar-refractivity contribution in [3.8, 4) is 0 Å². The smallest absolute Gasteiger partial charge is 0.226 e. The topological polar surface area (TPSA) is 36.9 Å². The van der Waals surface area contributed by atoms with Crippen molar-refractivity contribution >= 4 is 18.2 Å². The molecule has 2 unspecified atom stereocenters. The lowest BCUT2D eigenvalue weighted by molar-refractivity contribution is 0.573. The first kappa shape index (κ1) is 11.6. The fraction of sp³-hybridized carbons (Fsp3) is 0.818. The molecule has 2 heterocycles. The summed E-state index contributed by atoms with van der Waals surface area (Å²) in [6.07, 6.45) is 1.23. The Balaban J connectivity index is 2.37. The molecule has 2 rings (SSSR count). The van der Waals surface area contributed by atoms with Crippen molar-refractivity contribution < 1.29 is 0 Å². The maximum absolute atomic E-state index is 5.27. The third kappa shape index (κ3) is 1.88. The molecule has 0 aliphatic carbocycles. The number of H-pyrrole nitrogens is 1. The first-order valence-electron chi connectivity index (χ1n) is 5.94. The van der Waals surface area contributed by atoms with Crippen molar-refractivity contribution in [3.63, 3.8) is 0 Å². The summed E-state index contributed by atoms with van der Waals surface area (Å²) in [5.74, 6) is 1.73. The highest BCUT2D eigenvalue weighted by Crippen LogP contribution is 2.28. The highest BCUT2D eigenvalue weighted by molar-refractivity contribution is 7.71. The molecule has 1 saturated heterocycles. The summed E-state index contributed by atoms with van der Waals surface area (Å²) in [6, 6.07) is 0.905. The molecule has 0 saturated carbocycles. The average Bonchev–Trinajstić information content (AvgIpc) is 2.69. The van der Waals surface area contributed by atoms with Gasteiger partial charge < -0.3 is 4.90 Å². The van der Waals surface area contributed by atoms with E-state index in [0.29, 0.717) is 12.1 Å². The summed E-state index contributed by atoms with van der Waals surface area (Å²) in [4.78, 5) is 2.36. The summed E-state index contributed by atoms with van der Waals surface area (Å²) in [7, 11) is 0. The van der Waals surface area contributed by atoms with Gasteiger partial charge in [0.15, 0.2) is 4.77 Å². The van der Waals surface area contributed by atoms with E-state index in [1.54, 1.807) is 0 Å². The van der Waals surface area contributed by atoms with E-state index >= 15 is 0 Å². The predicted octanol–water partition coefficient (Wildman–Crippen LogP) is 2.76. The molecule has 5 heteroatoms. The van der Waals surface area contributed by atoms with Crippen molar-refractivity contribution in [1.82, 2.24) is 14.8 Å². The molecule has 1 aliphatic rings. The van der Waals surface area contributed by atoms with Crippen LogP contribution in [0.25, 0.3) is 0 Å². The van der Waals surface area contributed by atoms with Crippen LogP contribution >= 0.6 is 12.2 Å². The molecule has 0 radical (unpaired) electrons. The molecule has 0 amide bonds. The molecule has 2 atom stereocenters. The Hall–Kier alpha value is -0.840. The number of hydrogen-bond donors (Lipinski definition) is 1. The highest BCUT2D eigenvalue weighted by atomic mass is 32.1. The molecular weight excluding hydrogens is 220 g/mol. The fourth-order valence-corrected chi connectivity index (χ4v) is 2.88. The Morgan fingerprint density at radius 3 is 2.62 bits per heavy atom. The summed E-state index contributed by atoms with van der Waals surface area (Å²) < 4.78 is 2.82. The lowest BCUT2D eigenvalue weighted by Crippen LogP contribution is -2.30. The van der Waals surface area contributed by atoms with Gasteiger partial charge in [0.05, 0.1) is 0 Å². The maximum Gasteiger partial charge on any atom is 0.226 e. The summed E-state index contributed by atoms with van der Waals surface area (Å²) in [6.45, 7) is 9.90. The first-order valence-corrected chi connectivity index (χ1v) is 6.35. The van der Waals surface area contributed by atoms with Gasteiger partial charge in [-0.2, -0.15) is 0 Å². The molecule has 1 aromatic rings. The van der Waals surface area contributed by atoms with E-state index in [4.69, 9.17) is 12.2 Å². The average molecular weight is 240 g/mol. The zero-order valence-corrected chi connectivity index (χ0v) is 11.2. The SMILES string of the molecule is CC1CC(C)N(c2n[nH]c(=S)n2C(C)C)C1. The molecule has 16 heavy (non-hydrogen) atoms. The van der Waals surface area contributed by atoms with E-state index in [2.05, 4.69) is 47.4 Å². The maximum atomic E-state index is 5.27. The minimum Gasteiger partial charge on any atom is -0.338 e. The van der Waals surface area contributed by atoms with E-state index in [-0.39, 0.29) is 0 Å². The van der Waals surface area contributed by atoms with Crippen LogP contribution in [0.1, 0.15) is 40.2 Å². The predicted molar refractivity (Wildman–Crippen MR) is 68.4 cm³/mol. The van der Waals surface area contributed by atoms with Gasteiger partial charge in [-0.05, 0) is 45.3 Å². The summed E-state index contributed by atoms with van der Waals surface area (Å²) >= 11 is 5.27. The van der Waals surface area contributed by atoms with Crippen LogP contribution in [-0.2, 0) is 0 Å². The zero-order valence-electron chi connectivity index (χ0n) is 10.4. The third-order valence-corrected chi connectivity index (χ3v) is 3.53. The Morgan fingerprint density at radius 2 is 2.12 bits per heavy atom. The van der Waals surface area contributed by atoms with Crippen molar-refractivity contribution in [2.45, 2.75) is 46.2 Å². The number of anilines is 1. The molecule has 0 spiro atoms. The Labute approximate surface area is 102 Å². The van der Waals surface area contributed by atoms with Crippen molar-refractivity contribution in [3.05, 3.63) is 4.77 Å². The summed E-state index contributed by atoms with van der Waals surface area (Å²) in [5, 5.41) is 7.28. The quantitative estimate of drug-likeness (QED) is 0.808. The van der Waals surface area contributed by atoms with E-state index < -0.39 is 0 Å². The lowest BCUT2D eigenvalue weighted by Gasteiger charge is -2.24. The molecule has 1 N–H and O–H groups in total. The fourth-order valence-electron chi connectivity index (χ4n) is 2.54. The largest absolute Gasteiger partial charge is 0.338 e. The molecule has 0 bridgehead atoms. The Bertz CT molecular complexity index is 420. The van der Waals surface area contributed by atoms with Crippen LogP contribution in [0.3, 0.4) is 0 Å². The molecule has 0 aromatic carbocycles. The van der Waals surface area contributed by atoms with E-state index in [1.807, 2.05) is 0 Å². The number of aromatic amines is 1. The lowest BCUT2D eigenvalue weighted by atomic mass is 10.1. The minimum absolute atomic E-state index is 0.351. The number of rotatable bonds is 2. The standard InChI is InChI=1S/C11H20N4S/c1-7(2)15-10(12-13-11(15)16)14-6-8(3)5-9(14)4/h7-9H,5-6H2,1-4H3,(H,13,16). The number of aromatic nitrogens is 3. The Morgan fingerprint density at radius 1 is 1.44 bits per heavy atom. The number of nitrogens with one attached hydrogen (secondary N) is 1. The van der Waals surface area contributed by atoms with Crippen molar-refractivity contribution in [2.24, 2.45) is 5.92 Å². The number of nitrogens with zero attached hydrogens (tertiary/aromatic N) is 3. The normalized spacial score (nSPS) is 25.7. The van der Waals surface area contributed by atoms with Gasteiger partial charge in [-0.3, -0.25) is 4.57 Å². The van der Waals surface area contributed by atoms with Gasteiger partial charge in [0.2, 0.25) is 5.95 Å². The monoisotopic (exact) mass is 240 g/mol. The van der Waals surface area contributed by atoms with Gasteiger partial charge >= 0.3 is 0 Å². The second kappa shape index (κ2) is 4.20. The van der Waals surface area contributed by atoms with E-state index in [1.165, 1.54) is 6.42 Å². The van der Waals surface area contributed by atoms with E-state index in [9.17, 15) is 0 Å². The second-order valence-corrected chi connectivity index (χ2v) is 5.52. The minimum atomic E-state index is 0.351. The van der Waals surface area contributed by atoms with Crippen LogP contribution < -0.4 is 4.90 Å². The van der Waals surface area contributed by atoms with Gasteiger partial charge in [0, 0.05) is 18.6 Å². The van der Waals surface area contributed by atoms with Crippen LogP contribution in [0.5, 0.6) is 0 Å². The van der Waals surface area contributed by atoms with Crippen molar-refractivity contribution in [2.75, 3.05) is 11.4 Å².